The first-order valence-electron chi connectivity index (χ1n) is 9.00. The van der Waals surface area contributed by atoms with Gasteiger partial charge in [-0.25, -0.2) is 4.98 Å². The van der Waals surface area contributed by atoms with Gasteiger partial charge in [-0.2, -0.15) is 5.26 Å². The van der Waals surface area contributed by atoms with Crippen LogP contribution >= 0.6 is 11.8 Å². The SMILES string of the molecule is Cc1cccc(-n2ccnc2SCC(=O)N(CCC#N)Cc2ccco2)c1C. The van der Waals surface area contributed by atoms with Gasteiger partial charge in [0.2, 0.25) is 5.91 Å². The van der Waals surface area contributed by atoms with Gasteiger partial charge in [-0.15, -0.1) is 0 Å². The maximum Gasteiger partial charge on any atom is 0.233 e. The van der Waals surface area contributed by atoms with E-state index in [1.807, 2.05) is 29.0 Å². The normalized spacial score (nSPS) is 10.6. The largest absolute Gasteiger partial charge is 0.467 e. The third-order valence-corrected chi connectivity index (χ3v) is 5.49. The molecule has 144 valence electrons. The van der Waals surface area contributed by atoms with Crippen LogP contribution in [0, 0.1) is 25.2 Å². The predicted molar refractivity (Wildman–Crippen MR) is 108 cm³/mol. The van der Waals surface area contributed by atoms with Gasteiger partial charge in [0.1, 0.15) is 5.76 Å². The molecule has 0 aliphatic rings. The van der Waals surface area contributed by atoms with Crippen molar-refractivity contribution in [3.8, 4) is 11.8 Å². The summed E-state index contributed by atoms with van der Waals surface area (Å²) in [5.41, 5.74) is 3.45. The Hall–Kier alpha value is -2.98. The van der Waals surface area contributed by atoms with E-state index < -0.39 is 0 Å². The molecule has 3 aromatic rings. The molecule has 0 radical (unpaired) electrons. The number of aryl methyl sites for hydroxylation is 1. The van der Waals surface area contributed by atoms with Crippen LogP contribution in [-0.2, 0) is 11.3 Å². The molecule has 3 rings (SSSR count). The van der Waals surface area contributed by atoms with Crippen molar-refractivity contribution < 1.29 is 9.21 Å². The fourth-order valence-corrected chi connectivity index (χ4v) is 3.73. The van der Waals surface area contributed by atoms with E-state index in [-0.39, 0.29) is 18.1 Å². The van der Waals surface area contributed by atoms with Crippen LogP contribution in [0.5, 0.6) is 0 Å². The third kappa shape index (κ3) is 4.65. The lowest BCUT2D eigenvalue weighted by Gasteiger charge is -2.20. The number of benzene rings is 1. The molecule has 0 aliphatic carbocycles. The average molecular weight is 395 g/mol. The zero-order chi connectivity index (χ0) is 19.9. The minimum atomic E-state index is -0.0489. The van der Waals surface area contributed by atoms with E-state index in [0.29, 0.717) is 18.8 Å². The summed E-state index contributed by atoms with van der Waals surface area (Å²) in [5, 5.41) is 9.65. The average Bonchev–Trinajstić information content (AvgIpc) is 3.37. The second-order valence-electron chi connectivity index (χ2n) is 6.39. The minimum absolute atomic E-state index is 0.0489. The molecule has 0 spiro atoms. The molecular formula is C21H22N4O2S. The number of carbonyl (C=O) groups excluding carboxylic acids is 1. The first-order chi connectivity index (χ1) is 13.6. The lowest BCUT2D eigenvalue weighted by molar-refractivity contribution is -0.129. The number of nitriles is 1. The van der Waals surface area contributed by atoms with Gasteiger partial charge in [-0.1, -0.05) is 23.9 Å². The molecule has 2 aromatic heterocycles. The minimum Gasteiger partial charge on any atom is -0.467 e. The van der Waals surface area contributed by atoms with Crippen molar-refractivity contribution in [1.29, 1.82) is 5.26 Å². The summed E-state index contributed by atoms with van der Waals surface area (Å²) in [6.45, 7) is 4.90. The molecule has 2 heterocycles. The lowest BCUT2D eigenvalue weighted by atomic mass is 10.1. The third-order valence-electron chi connectivity index (χ3n) is 4.54. The number of aromatic nitrogens is 2. The van der Waals surface area contributed by atoms with Crippen LogP contribution in [-0.4, -0.2) is 32.7 Å². The monoisotopic (exact) mass is 394 g/mol. The fraction of sp³-hybridized carbons (Fsp3) is 0.286. The van der Waals surface area contributed by atoms with Gasteiger partial charge in [0.25, 0.3) is 0 Å². The van der Waals surface area contributed by atoms with E-state index in [4.69, 9.17) is 9.68 Å². The molecule has 0 fully saturated rings. The molecule has 0 saturated heterocycles. The fourth-order valence-electron chi connectivity index (χ4n) is 2.86. The zero-order valence-electron chi connectivity index (χ0n) is 16.0. The van der Waals surface area contributed by atoms with Gasteiger partial charge in [-0.3, -0.25) is 9.36 Å². The van der Waals surface area contributed by atoms with Gasteiger partial charge < -0.3 is 9.32 Å². The summed E-state index contributed by atoms with van der Waals surface area (Å²) in [4.78, 5) is 18.8. The second kappa shape index (κ2) is 9.29. The Balaban J connectivity index is 1.71. The van der Waals surface area contributed by atoms with Crippen LogP contribution in [0.4, 0.5) is 0 Å². The van der Waals surface area contributed by atoms with Crippen LogP contribution in [0.25, 0.3) is 5.69 Å². The number of hydrogen-bond acceptors (Lipinski definition) is 5. The van der Waals surface area contributed by atoms with Crippen molar-refractivity contribution in [2.24, 2.45) is 0 Å². The molecule has 0 aliphatic heterocycles. The summed E-state index contributed by atoms with van der Waals surface area (Å²) in [7, 11) is 0. The van der Waals surface area contributed by atoms with E-state index in [0.717, 1.165) is 10.8 Å². The Morgan fingerprint density at radius 1 is 1.32 bits per heavy atom. The van der Waals surface area contributed by atoms with E-state index >= 15 is 0 Å². The smallest absolute Gasteiger partial charge is 0.233 e. The van der Waals surface area contributed by atoms with Crippen LogP contribution < -0.4 is 0 Å². The molecule has 1 aromatic carbocycles. The number of rotatable bonds is 8. The standard InChI is InChI=1S/C21H22N4O2S/c1-16-6-3-8-19(17(16)2)25-12-10-23-21(25)28-15-20(26)24(11-5-9-22)14-18-7-4-13-27-18/h3-4,6-8,10,12-13H,5,11,14-15H2,1-2H3. The Kier molecular flexibility index (Phi) is 6.56. The van der Waals surface area contributed by atoms with Crippen molar-refractivity contribution in [1.82, 2.24) is 14.5 Å². The first-order valence-corrected chi connectivity index (χ1v) is 9.98. The summed E-state index contributed by atoms with van der Waals surface area (Å²) in [5.74, 6) is 0.897. The summed E-state index contributed by atoms with van der Waals surface area (Å²) < 4.78 is 7.35. The molecule has 1 amide bonds. The van der Waals surface area contributed by atoms with Crippen LogP contribution in [0.1, 0.15) is 23.3 Å². The molecule has 0 unspecified atom stereocenters. The number of amides is 1. The van der Waals surface area contributed by atoms with Crippen LogP contribution in [0.2, 0.25) is 0 Å². The summed E-state index contributed by atoms with van der Waals surface area (Å²) >= 11 is 1.39. The highest BCUT2D eigenvalue weighted by Gasteiger charge is 2.17. The number of hydrogen-bond donors (Lipinski definition) is 0. The molecule has 28 heavy (non-hydrogen) atoms. The predicted octanol–water partition coefficient (Wildman–Crippen LogP) is 4.12. The Bertz CT molecular complexity index is 973. The summed E-state index contributed by atoms with van der Waals surface area (Å²) in [6.07, 6.45) is 5.52. The Morgan fingerprint density at radius 2 is 2.18 bits per heavy atom. The zero-order valence-corrected chi connectivity index (χ0v) is 16.8. The summed E-state index contributed by atoms with van der Waals surface area (Å²) in [6, 6.07) is 11.9. The van der Waals surface area contributed by atoms with Crippen molar-refractivity contribution >= 4 is 17.7 Å². The number of furan rings is 1. The quantitative estimate of drug-likeness (QED) is 0.537. The molecule has 0 N–H and O–H groups in total. The number of imidazole rings is 1. The second-order valence-corrected chi connectivity index (χ2v) is 7.33. The highest BCUT2D eigenvalue weighted by molar-refractivity contribution is 7.99. The van der Waals surface area contributed by atoms with E-state index in [9.17, 15) is 4.79 Å². The highest BCUT2D eigenvalue weighted by atomic mass is 32.2. The first kappa shape index (κ1) is 19.8. The Labute approximate surface area is 168 Å². The van der Waals surface area contributed by atoms with Crippen molar-refractivity contribution in [2.75, 3.05) is 12.3 Å². The van der Waals surface area contributed by atoms with E-state index in [2.05, 4.69) is 31.0 Å². The number of thioether (sulfide) groups is 1. The maximum atomic E-state index is 12.8. The molecule has 0 saturated carbocycles. The molecule has 0 bridgehead atoms. The van der Waals surface area contributed by atoms with Gasteiger partial charge in [0, 0.05) is 18.9 Å². The van der Waals surface area contributed by atoms with Crippen LogP contribution in [0.3, 0.4) is 0 Å². The van der Waals surface area contributed by atoms with E-state index in [1.165, 1.54) is 22.9 Å². The van der Waals surface area contributed by atoms with E-state index in [1.54, 1.807) is 23.4 Å². The molecular weight excluding hydrogens is 372 g/mol. The molecule has 6 nitrogen and oxygen atoms in total. The van der Waals surface area contributed by atoms with Crippen LogP contribution in [0.15, 0.2) is 58.6 Å². The van der Waals surface area contributed by atoms with Crippen molar-refractivity contribution in [3.05, 3.63) is 65.9 Å². The molecule has 7 heteroatoms. The maximum absolute atomic E-state index is 12.8. The van der Waals surface area contributed by atoms with Gasteiger partial charge >= 0.3 is 0 Å². The lowest BCUT2D eigenvalue weighted by Crippen LogP contribution is -2.32. The number of nitrogens with zero attached hydrogens (tertiary/aromatic N) is 4. The molecule has 0 atom stereocenters. The van der Waals surface area contributed by atoms with Crippen molar-refractivity contribution in [2.45, 2.75) is 32.0 Å². The topological polar surface area (TPSA) is 75.1 Å². The van der Waals surface area contributed by atoms with Crippen molar-refractivity contribution in [3.63, 3.8) is 0 Å². The number of carbonyl (C=O) groups is 1. The Morgan fingerprint density at radius 3 is 2.93 bits per heavy atom. The van der Waals surface area contributed by atoms with Gasteiger partial charge in [-0.05, 0) is 43.2 Å². The van der Waals surface area contributed by atoms with Gasteiger partial charge in [0.15, 0.2) is 5.16 Å². The van der Waals surface area contributed by atoms with Gasteiger partial charge in [0.05, 0.1) is 36.7 Å². The highest BCUT2D eigenvalue weighted by Crippen LogP contribution is 2.24.